The van der Waals surface area contributed by atoms with Crippen molar-refractivity contribution >= 4 is 5.91 Å². The van der Waals surface area contributed by atoms with Gasteiger partial charge < -0.3 is 19.6 Å². The third-order valence-corrected chi connectivity index (χ3v) is 4.13. The molecule has 0 aliphatic carbocycles. The van der Waals surface area contributed by atoms with Gasteiger partial charge >= 0.3 is 0 Å². The molecule has 3 rings (SSSR count). The Balaban J connectivity index is 1.94. The van der Waals surface area contributed by atoms with Crippen LogP contribution in [0.3, 0.4) is 0 Å². The minimum atomic E-state index is -0.544. The topological polar surface area (TPSA) is 78.6 Å². The van der Waals surface area contributed by atoms with Crippen LogP contribution in [0.1, 0.15) is 30.6 Å². The average molecular weight is 361 g/mol. The van der Waals surface area contributed by atoms with E-state index in [4.69, 9.17) is 9.47 Å². The summed E-state index contributed by atoms with van der Waals surface area (Å²) >= 11 is 0. The summed E-state index contributed by atoms with van der Waals surface area (Å²) in [5, 5.41) is 11.4. The van der Waals surface area contributed by atoms with Gasteiger partial charge in [0, 0.05) is 12.6 Å². The van der Waals surface area contributed by atoms with Crippen LogP contribution in [0, 0.1) is 11.0 Å². The number of ether oxygens (including phenoxy) is 2. The lowest BCUT2D eigenvalue weighted by molar-refractivity contribution is -0.609. The van der Waals surface area contributed by atoms with Crippen molar-refractivity contribution in [3.63, 3.8) is 0 Å². The normalized spacial score (nSPS) is 16.7. The quantitative estimate of drug-likeness (QED) is 0.603. The van der Waals surface area contributed by atoms with Gasteiger partial charge in [0.05, 0.1) is 18.2 Å². The predicted molar refractivity (Wildman–Crippen MR) is 90.2 cm³/mol. The summed E-state index contributed by atoms with van der Waals surface area (Å²) in [6, 6.07) is 3.55. The van der Waals surface area contributed by atoms with E-state index in [0.29, 0.717) is 17.9 Å². The molecule has 1 aromatic carbocycles. The van der Waals surface area contributed by atoms with Crippen LogP contribution in [0.4, 0.5) is 4.39 Å². The molecule has 1 aliphatic heterocycles. The predicted octanol–water partition coefficient (Wildman–Crippen LogP) is 2.29. The molecule has 2 heterocycles. The zero-order chi connectivity index (χ0) is 18.7. The monoisotopic (exact) mass is 361 g/mol. The summed E-state index contributed by atoms with van der Waals surface area (Å²) in [6.07, 6.45) is 4.32. The Morgan fingerprint density at radius 1 is 1.50 bits per heavy atom. The Labute approximate surface area is 150 Å². The summed E-state index contributed by atoms with van der Waals surface area (Å²) in [5.41, 5.74) is 0.0897. The van der Waals surface area contributed by atoms with E-state index in [1.807, 2.05) is 13.8 Å². The van der Waals surface area contributed by atoms with E-state index >= 15 is 0 Å². The second-order valence-corrected chi connectivity index (χ2v) is 6.35. The first-order valence-electron chi connectivity index (χ1n) is 8.37. The van der Waals surface area contributed by atoms with Crippen LogP contribution in [0.5, 0.6) is 11.5 Å². The number of carbonyl (C=O) groups is 1. The number of carbonyl (C=O) groups excluding carboxylic acids is 1. The van der Waals surface area contributed by atoms with Gasteiger partial charge in [-0.15, -0.1) is 0 Å². The first-order valence-corrected chi connectivity index (χ1v) is 8.37. The van der Waals surface area contributed by atoms with E-state index < -0.39 is 5.82 Å². The van der Waals surface area contributed by atoms with Gasteiger partial charge in [-0.1, -0.05) is 4.98 Å². The Morgan fingerprint density at radius 3 is 2.96 bits per heavy atom. The highest BCUT2D eigenvalue weighted by Gasteiger charge is 2.32. The lowest BCUT2D eigenvalue weighted by Crippen LogP contribution is -2.45. The Kier molecular flexibility index (Phi) is 5.32. The molecule has 0 spiro atoms. The minimum absolute atomic E-state index is 0.0687. The third-order valence-electron chi connectivity index (χ3n) is 4.13. The molecule has 1 aliphatic rings. The fourth-order valence-corrected chi connectivity index (χ4v) is 3.01. The van der Waals surface area contributed by atoms with Crippen molar-refractivity contribution in [3.05, 3.63) is 53.5 Å². The molecule has 138 valence electrons. The van der Waals surface area contributed by atoms with Gasteiger partial charge in [-0.05, 0) is 38.5 Å². The SMILES string of the molecule is CC(C)N(C(=O)c1cc(F)ccc1Oc1cnc[n+]([O-])c1)[C@H]1CCOC1. The smallest absolute Gasteiger partial charge is 0.289 e. The van der Waals surface area contributed by atoms with Crippen molar-refractivity contribution < 1.29 is 23.4 Å². The van der Waals surface area contributed by atoms with Gasteiger partial charge in [0.2, 0.25) is 5.75 Å². The highest BCUT2D eigenvalue weighted by atomic mass is 19.1. The number of rotatable bonds is 5. The second kappa shape index (κ2) is 7.65. The zero-order valence-corrected chi connectivity index (χ0v) is 14.6. The molecule has 8 heteroatoms. The Hall–Kier alpha value is -2.74. The lowest BCUT2D eigenvalue weighted by Gasteiger charge is -2.32. The lowest BCUT2D eigenvalue weighted by atomic mass is 10.1. The zero-order valence-electron chi connectivity index (χ0n) is 14.6. The van der Waals surface area contributed by atoms with Crippen LogP contribution < -0.4 is 9.47 Å². The molecule has 1 atom stereocenters. The second-order valence-electron chi connectivity index (χ2n) is 6.35. The van der Waals surface area contributed by atoms with Crippen molar-refractivity contribution in [1.82, 2.24) is 9.88 Å². The minimum Gasteiger partial charge on any atom is -0.711 e. The molecule has 0 radical (unpaired) electrons. The van der Waals surface area contributed by atoms with Crippen LogP contribution in [0.25, 0.3) is 0 Å². The van der Waals surface area contributed by atoms with E-state index in [2.05, 4.69) is 4.98 Å². The fraction of sp³-hybridized carbons (Fsp3) is 0.389. The molecule has 0 bridgehead atoms. The molecule has 1 fully saturated rings. The first kappa shape index (κ1) is 18.1. The Bertz CT molecular complexity index is 794. The van der Waals surface area contributed by atoms with Crippen LogP contribution in [-0.4, -0.2) is 41.1 Å². The maximum Gasteiger partial charge on any atom is 0.289 e. The molecule has 1 amide bonds. The van der Waals surface area contributed by atoms with Gasteiger partial charge in [0.15, 0.2) is 6.20 Å². The summed E-state index contributed by atoms with van der Waals surface area (Å²) in [7, 11) is 0. The van der Waals surface area contributed by atoms with Crippen LogP contribution >= 0.6 is 0 Å². The summed E-state index contributed by atoms with van der Waals surface area (Å²) in [4.78, 5) is 18.6. The van der Waals surface area contributed by atoms with Gasteiger partial charge in [0.25, 0.3) is 12.2 Å². The molecular weight excluding hydrogens is 341 g/mol. The van der Waals surface area contributed by atoms with Gasteiger partial charge in [0.1, 0.15) is 17.8 Å². The molecule has 0 unspecified atom stereocenters. The average Bonchev–Trinajstić information content (AvgIpc) is 3.10. The molecular formula is C18H20FN3O4. The van der Waals surface area contributed by atoms with E-state index in [9.17, 15) is 14.4 Å². The van der Waals surface area contributed by atoms with E-state index in [0.717, 1.165) is 18.8 Å². The van der Waals surface area contributed by atoms with Crippen molar-refractivity contribution in [3.8, 4) is 11.5 Å². The van der Waals surface area contributed by atoms with Crippen molar-refractivity contribution in [1.29, 1.82) is 0 Å². The largest absolute Gasteiger partial charge is 0.711 e. The van der Waals surface area contributed by atoms with Gasteiger partial charge in [-0.3, -0.25) is 4.79 Å². The molecule has 1 saturated heterocycles. The van der Waals surface area contributed by atoms with Crippen molar-refractivity contribution in [2.75, 3.05) is 13.2 Å². The molecule has 0 N–H and O–H groups in total. The van der Waals surface area contributed by atoms with Crippen molar-refractivity contribution in [2.24, 2.45) is 0 Å². The number of hydrogen-bond acceptors (Lipinski definition) is 5. The molecule has 0 saturated carbocycles. The number of nitrogens with zero attached hydrogens (tertiary/aromatic N) is 3. The van der Waals surface area contributed by atoms with Gasteiger partial charge in [-0.2, -0.15) is 0 Å². The number of amides is 1. The van der Waals surface area contributed by atoms with Crippen LogP contribution in [-0.2, 0) is 4.74 Å². The van der Waals surface area contributed by atoms with Crippen LogP contribution in [0.2, 0.25) is 0 Å². The molecule has 26 heavy (non-hydrogen) atoms. The number of benzene rings is 1. The molecule has 2 aromatic rings. The van der Waals surface area contributed by atoms with Crippen molar-refractivity contribution in [2.45, 2.75) is 32.4 Å². The number of halogens is 1. The fourth-order valence-electron chi connectivity index (χ4n) is 3.01. The van der Waals surface area contributed by atoms with Crippen LogP contribution in [0.15, 0.2) is 36.9 Å². The third kappa shape index (κ3) is 3.91. The highest BCUT2D eigenvalue weighted by molar-refractivity contribution is 5.97. The Morgan fingerprint density at radius 2 is 2.31 bits per heavy atom. The number of aromatic nitrogens is 2. The van der Waals surface area contributed by atoms with E-state index in [1.54, 1.807) is 4.90 Å². The summed E-state index contributed by atoms with van der Waals surface area (Å²) in [5.74, 6) is -0.571. The first-order chi connectivity index (χ1) is 12.5. The van der Waals surface area contributed by atoms with E-state index in [1.165, 1.54) is 24.5 Å². The maximum absolute atomic E-state index is 13.8. The molecule has 1 aromatic heterocycles. The standard InChI is InChI=1S/C18H20FN3O4/c1-12(2)22(14-5-6-25-10-14)18(23)16-7-13(19)3-4-17(16)26-15-8-20-11-21(24)9-15/h3-4,7-9,11-12,14H,5-6,10H2,1-2H3/t14-/m0/s1. The maximum atomic E-state index is 13.8. The summed E-state index contributed by atoms with van der Waals surface area (Å²) < 4.78 is 25.3. The van der Waals surface area contributed by atoms with Gasteiger partial charge in [-0.25, -0.2) is 9.12 Å². The highest BCUT2D eigenvalue weighted by Crippen LogP contribution is 2.28. The van der Waals surface area contributed by atoms with E-state index in [-0.39, 0.29) is 35.1 Å². The number of hydrogen-bond donors (Lipinski definition) is 0. The molecule has 7 nitrogen and oxygen atoms in total. The summed E-state index contributed by atoms with van der Waals surface area (Å²) in [6.45, 7) is 4.84.